The van der Waals surface area contributed by atoms with E-state index < -0.39 is 0 Å². The number of furan rings is 1. The number of hydrogen-bond donors (Lipinski definition) is 2. The summed E-state index contributed by atoms with van der Waals surface area (Å²) in [6.45, 7) is 5.69. The van der Waals surface area contributed by atoms with Gasteiger partial charge in [-0.25, -0.2) is 4.98 Å². The van der Waals surface area contributed by atoms with Crippen molar-refractivity contribution in [1.29, 1.82) is 0 Å². The molecule has 2 rings (SSSR count). The van der Waals surface area contributed by atoms with E-state index in [4.69, 9.17) is 4.42 Å². The summed E-state index contributed by atoms with van der Waals surface area (Å²) < 4.78 is 5.24. The average Bonchev–Trinajstić information content (AvgIpc) is 2.90. The monoisotopic (exact) mass is 252 g/mol. The fourth-order valence-corrected chi connectivity index (χ4v) is 2.26. The molecule has 0 aliphatic heterocycles. The maximum atomic E-state index is 5.24. The number of aryl methyl sites for hydroxylation is 1. The van der Waals surface area contributed by atoms with Gasteiger partial charge in [0.25, 0.3) is 0 Å². The molecule has 6 heteroatoms. The van der Waals surface area contributed by atoms with E-state index in [1.165, 1.54) is 0 Å². The first-order chi connectivity index (χ1) is 8.24. The number of thioether (sulfide) groups is 1. The number of rotatable bonds is 6. The molecule has 2 N–H and O–H groups in total. The molecular weight excluding hydrogens is 236 g/mol. The molecule has 0 aliphatic rings. The molecule has 0 amide bonds. The Balaban J connectivity index is 1.69. The van der Waals surface area contributed by atoms with Crippen LogP contribution in [0.5, 0.6) is 0 Å². The van der Waals surface area contributed by atoms with Gasteiger partial charge in [-0.1, -0.05) is 18.7 Å². The molecule has 1 unspecified atom stereocenters. The van der Waals surface area contributed by atoms with Crippen molar-refractivity contribution in [3.8, 4) is 0 Å². The van der Waals surface area contributed by atoms with Crippen molar-refractivity contribution >= 4 is 11.8 Å². The second-order valence-corrected chi connectivity index (χ2v) is 5.25. The normalized spacial score (nSPS) is 12.8. The van der Waals surface area contributed by atoms with Crippen LogP contribution in [0.4, 0.5) is 0 Å². The van der Waals surface area contributed by atoms with E-state index >= 15 is 0 Å². The molecular formula is C11H16N4OS. The summed E-state index contributed by atoms with van der Waals surface area (Å²) in [5.41, 5.74) is 0. The number of hydrogen-bond acceptors (Lipinski definition) is 5. The van der Waals surface area contributed by atoms with Crippen LogP contribution in [0.3, 0.4) is 0 Å². The molecule has 17 heavy (non-hydrogen) atoms. The molecule has 2 aromatic rings. The van der Waals surface area contributed by atoms with E-state index in [0.717, 1.165) is 29.8 Å². The molecule has 0 spiro atoms. The molecule has 2 heterocycles. The summed E-state index contributed by atoms with van der Waals surface area (Å²) in [7, 11) is 0. The minimum Gasteiger partial charge on any atom is -0.468 e. The number of nitrogens with zero attached hydrogens (tertiary/aromatic N) is 2. The van der Waals surface area contributed by atoms with E-state index in [9.17, 15) is 0 Å². The molecule has 0 bridgehead atoms. The van der Waals surface area contributed by atoms with E-state index in [1.807, 2.05) is 19.1 Å². The van der Waals surface area contributed by atoms with Gasteiger partial charge in [0.15, 0.2) is 0 Å². The maximum Gasteiger partial charge on any atom is 0.208 e. The molecule has 1 atom stereocenters. The van der Waals surface area contributed by atoms with Gasteiger partial charge in [0, 0.05) is 11.8 Å². The highest BCUT2D eigenvalue weighted by atomic mass is 32.2. The van der Waals surface area contributed by atoms with Crippen molar-refractivity contribution in [1.82, 2.24) is 20.5 Å². The SMILES string of the molecule is Cc1nc(SC(C)CNCc2ccco2)n[nH]1. The van der Waals surface area contributed by atoms with Crippen molar-refractivity contribution in [3.63, 3.8) is 0 Å². The topological polar surface area (TPSA) is 66.7 Å². The van der Waals surface area contributed by atoms with Crippen molar-refractivity contribution in [3.05, 3.63) is 30.0 Å². The Bertz CT molecular complexity index is 440. The molecule has 0 aromatic carbocycles. The highest BCUT2D eigenvalue weighted by Crippen LogP contribution is 2.18. The summed E-state index contributed by atoms with van der Waals surface area (Å²) in [4.78, 5) is 4.26. The first-order valence-electron chi connectivity index (χ1n) is 5.53. The molecule has 0 saturated heterocycles. The summed E-state index contributed by atoms with van der Waals surface area (Å²) in [5, 5.41) is 11.5. The quantitative estimate of drug-likeness (QED) is 0.769. The first kappa shape index (κ1) is 12.2. The third-order valence-electron chi connectivity index (χ3n) is 2.19. The van der Waals surface area contributed by atoms with Crippen molar-refractivity contribution in [2.45, 2.75) is 30.8 Å². The van der Waals surface area contributed by atoms with Crippen LogP contribution in [0.1, 0.15) is 18.5 Å². The molecule has 0 saturated carbocycles. The van der Waals surface area contributed by atoms with E-state index in [0.29, 0.717) is 5.25 Å². The zero-order chi connectivity index (χ0) is 12.1. The largest absolute Gasteiger partial charge is 0.468 e. The van der Waals surface area contributed by atoms with Crippen LogP contribution in [0.15, 0.2) is 28.0 Å². The minimum absolute atomic E-state index is 0.417. The van der Waals surface area contributed by atoms with Crippen molar-refractivity contribution < 1.29 is 4.42 Å². The van der Waals surface area contributed by atoms with Gasteiger partial charge in [0.05, 0.1) is 12.8 Å². The van der Waals surface area contributed by atoms with E-state index in [1.54, 1.807) is 18.0 Å². The molecule has 0 aliphatic carbocycles. The number of H-pyrrole nitrogens is 1. The van der Waals surface area contributed by atoms with Crippen LogP contribution in [0.2, 0.25) is 0 Å². The Morgan fingerprint density at radius 1 is 1.59 bits per heavy atom. The number of aromatic nitrogens is 3. The van der Waals surface area contributed by atoms with Crippen LogP contribution in [-0.2, 0) is 6.54 Å². The lowest BCUT2D eigenvalue weighted by Gasteiger charge is -2.08. The lowest BCUT2D eigenvalue weighted by Crippen LogP contribution is -2.22. The van der Waals surface area contributed by atoms with Crippen LogP contribution in [0.25, 0.3) is 0 Å². The van der Waals surface area contributed by atoms with Crippen molar-refractivity contribution in [2.75, 3.05) is 6.54 Å². The molecule has 5 nitrogen and oxygen atoms in total. The minimum atomic E-state index is 0.417. The third kappa shape index (κ3) is 3.90. The van der Waals surface area contributed by atoms with Gasteiger partial charge in [0.2, 0.25) is 5.16 Å². The van der Waals surface area contributed by atoms with Gasteiger partial charge in [-0.3, -0.25) is 5.10 Å². The summed E-state index contributed by atoms with van der Waals surface area (Å²) in [6, 6.07) is 3.86. The predicted molar refractivity (Wildman–Crippen MR) is 66.9 cm³/mol. The average molecular weight is 252 g/mol. The zero-order valence-electron chi connectivity index (χ0n) is 9.93. The first-order valence-corrected chi connectivity index (χ1v) is 6.41. The Labute approximate surface area is 104 Å². The number of aromatic amines is 1. The highest BCUT2D eigenvalue weighted by molar-refractivity contribution is 7.99. The fraction of sp³-hybridized carbons (Fsp3) is 0.455. The van der Waals surface area contributed by atoms with E-state index in [2.05, 4.69) is 27.4 Å². The van der Waals surface area contributed by atoms with Crippen molar-refractivity contribution in [2.24, 2.45) is 0 Å². The Morgan fingerprint density at radius 3 is 3.12 bits per heavy atom. The van der Waals surface area contributed by atoms with Gasteiger partial charge in [-0.05, 0) is 19.1 Å². The lowest BCUT2D eigenvalue weighted by atomic mass is 10.4. The van der Waals surface area contributed by atoms with Gasteiger partial charge in [0.1, 0.15) is 11.6 Å². The Hall–Kier alpha value is -1.27. The van der Waals surface area contributed by atoms with Gasteiger partial charge < -0.3 is 9.73 Å². The molecule has 92 valence electrons. The Morgan fingerprint density at radius 2 is 2.47 bits per heavy atom. The third-order valence-corrected chi connectivity index (χ3v) is 3.16. The zero-order valence-corrected chi connectivity index (χ0v) is 10.8. The van der Waals surface area contributed by atoms with Gasteiger partial charge >= 0.3 is 0 Å². The van der Waals surface area contributed by atoms with Crippen LogP contribution in [-0.4, -0.2) is 27.0 Å². The second kappa shape index (κ2) is 5.88. The molecule has 0 fully saturated rings. The van der Waals surface area contributed by atoms with Crippen LogP contribution >= 0.6 is 11.8 Å². The lowest BCUT2D eigenvalue weighted by molar-refractivity contribution is 0.484. The fourth-order valence-electron chi connectivity index (χ4n) is 1.41. The predicted octanol–water partition coefficient (Wildman–Crippen LogP) is 1.98. The van der Waals surface area contributed by atoms with Crippen LogP contribution < -0.4 is 5.32 Å². The molecule has 0 radical (unpaired) electrons. The second-order valence-electron chi connectivity index (χ2n) is 3.84. The maximum absolute atomic E-state index is 5.24. The highest BCUT2D eigenvalue weighted by Gasteiger charge is 2.08. The standard InChI is InChI=1S/C11H16N4OS/c1-8(17-11-13-9(2)14-15-11)6-12-7-10-4-3-5-16-10/h3-5,8,12H,6-7H2,1-2H3,(H,13,14,15). The smallest absolute Gasteiger partial charge is 0.208 e. The summed E-state index contributed by atoms with van der Waals surface area (Å²) in [5.74, 6) is 1.80. The van der Waals surface area contributed by atoms with Gasteiger partial charge in [-0.15, -0.1) is 5.10 Å². The Kier molecular flexibility index (Phi) is 4.22. The van der Waals surface area contributed by atoms with E-state index in [-0.39, 0.29) is 0 Å². The van der Waals surface area contributed by atoms with Crippen LogP contribution in [0, 0.1) is 6.92 Å². The summed E-state index contributed by atoms with van der Waals surface area (Å²) >= 11 is 1.66. The molecule has 2 aromatic heterocycles. The summed E-state index contributed by atoms with van der Waals surface area (Å²) in [6.07, 6.45) is 1.69. The van der Waals surface area contributed by atoms with Gasteiger partial charge in [-0.2, -0.15) is 0 Å². The number of nitrogens with one attached hydrogen (secondary N) is 2.